The van der Waals surface area contributed by atoms with Crippen molar-refractivity contribution in [1.82, 2.24) is 5.32 Å². The normalized spacial score (nSPS) is 10.4. The van der Waals surface area contributed by atoms with Crippen LogP contribution in [0, 0.1) is 6.07 Å². The molecule has 0 fully saturated rings. The molecule has 0 atom stereocenters. The Labute approximate surface area is 87.5 Å². The maximum absolute atomic E-state index is 3.45. The van der Waals surface area contributed by atoms with Gasteiger partial charge >= 0.3 is 0 Å². The third kappa shape index (κ3) is 5.03. The Bertz CT molecular complexity index is 218. The minimum Gasteiger partial charge on any atom is -0.317 e. The summed E-state index contributed by atoms with van der Waals surface area (Å²) in [4.78, 5) is 0. The summed E-state index contributed by atoms with van der Waals surface area (Å²) in [7, 11) is 0. The third-order valence-electron chi connectivity index (χ3n) is 2.31. The summed E-state index contributed by atoms with van der Waals surface area (Å²) >= 11 is 0. The predicted molar refractivity (Wildman–Crippen MR) is 61.4 cm³/mol. The van der Waals surface area contributed by atoms with Gasteiger partial charge in [-0.1, -0.05) is 37.6 Å². The van der Waals surface area contributed by atoms with E-state index in [2.05, 4.69) is 30.4 Å². The molecule has 0 aliphatic carbocycles. The van der Waals surface area contributed by atoms with Gasteiger partial charge in [0.2, 0.25) is 0 Å². The summed E-state index contributed by atoms with van der Waals surface area (Å²) in [6.45, 7) is 4.53. The molecule has 0 saturated carbocycles. The number of hydrogen-bond acceptors (Lipinski definition) is 1. The topological polar surface area (TPSA) is 12.0 Å². The predicted octanol–water partition coefficient (Wildman–Crippen LogP) is 2.81. The smallest absolute Gasteiger partial charge is 0.00457 e. The fraction of sp³-hybridized carbons (Fsp3) is 0.538. The van der Waals surface area contributed by atoms with E-state index >= 15 is 0 Å². The van der Waals surface area contributed by atoms with Crippen LogP contribution in [-0.2, 0) is 6.42 Å². The highest BCUT2D eigenvalue weighted by Crippen LogP contribution is 2.00. The van der Waals surface area contributed by atoms with Crippen molar-refractivity contribution in [3.05, 3.63) is 35.9 Å². The Morgan fingerprint density at radius 1 is 1.14 bits per heavy atom. The molecule has 1 radical (unpaired) electrons. The Morgan fingerprint density at radius 3 is 2.57 bits per heavy atom. The second-order valence-electron chi connectivity index (χ2n) is 3.62. The Kier molecular flexibility index (Phi) is 6.09. The maximum atomic E-state index is 3.45. The van der Waals surface area contributed by atoms with Gasteiger partial charge in [0.25, 0.3) is 0 Å². The van der Waals surface area contributed by atoms with E-state index in [9.17, 15) is 0 Å². The fourth-order valence-electron chi connectivity index (χ4n) is 1.43. The minimum atomic E-state index is 1.14. The molecule has 1 nitrogen and oxygen atoms in total. The lowest BCUT2D eigenvalue weighted by molar-refractivity contribution is 0.617. The van der Waals surface area contributed by atoms with Crippen LogP contribution in [0.5, 0.6) is 0 Å². The quantitative estimate of drug-likeness (QED) is 0.652. The lowest BCUT2D eigenvalue weighted by atomic mass is 10.1. The molecule has 1 N–H and O–H groups in total. The summed E-state index contributed by atoms with van der Waals surface area (Å²) in [5, 5.41) is 3.45. The molecule has 77 valence electrons. The summed E-state index contributed by atoms with van der Waals surface area (Å²) < 4.78 is 0. The van der Waals surface area contributed by atoms with Gasteiger partial charge in [-0.2, -0.15) is 0 Å². The highest BCUT2D eigenvalue weighted by atomic mass is 14.8. The summed E-state index contributed by atoms with van der Waals surface area (Å²) in [5.41, 5.74) is 1.42. The largest absolute Gasteiger partial charge is 0.317 e. The number of hydrogen-bond donors (Lipinski definition) is 1. The number of aryl methyl sites for hydroxylation is 1. The molecular formula is C13H20N. The second-order valence-corrected chi connectivity index (χ2v) is 3.62. The molecule has 0 saturated heterocycles. The van der Waals surface area contributed by atoms with Crippen molar-refractivity contribution in [2.75, 3.05) is 13.1 Å². The molecule has 0 aliphatic rings. The lowest BCUT2D eigenvalue weighted by Crippen LogP contribution is -2.16. The average Bonchev–Trinajstić information content (AvgIpc) is 2.25. The minimum absolute atomic E-state index is 1.14. The van der Waals surface area contributed by atoms with Gasteiger partial charge in [0, 0.05) is 0 Å². The van der Waals surface area contributed by atoms with Crippen LogP contribution < -0.4 is 5.32 Å². The second kappa shape index (κ2) is 7.57. The van der Waals surface area contributed by atoms with Gasteiger partial charge in [-0.05, 0) is 44.0 Å². The molecule has 0 amide bonds. The van der Waals surface area contributed by atoms with E-state index in [0.29, 0.717) is 0 Å². The zero-order valence-corrected chi connectivity index (χ0v) is 9.05. The first-order valence-electron chi connectivity index (χ1n) is 5.59. The zero-order chi connectivity index (χ0) is 10.1. The number of nitrogens with one attached hydrogen (secondary N) is 1. The van der Waals surface area contributed by atoms with Gasteiger partial charge in [0.05, 0.1) is 0 Å². The van der Waals surface area contributed by atoms with Crippen molar-refractivity contribution in [1.29, 1.82) is 0 Å². The first-order valence-corrected chi connectivity index (χ1v) is 5.59. The van der Waals surface area contributed by atoms with Crippen molar-refractivity contribution in [2.45, 2.75) is 32.6 Å². The molecule has 0 aliphatic heterocycles. The molecule has 1 rings (SSSR count). The van der Waals surface area contributed by atoms with Gasteiger partial charge < -0.3 is 5.32 Å². The van der Waals surface area contributed by atoms with Crippen LogP contribution in [0.1, 0.15) is 31.7 Å². The number of unbranched alkanes of at least 4 members (excludes halogenated alkanes) is 1. The highest BCUT2D eigenvalue weighted by molar-refractivity contribution is 5.13. The molecule has 0 unspecified atom stereocenters. The fourth-order valence-corrected chi connectivity index (χ4v) is 1.43. The van der Waals surface area contributed by atoms with Crippen LogP contribution in [0.15, 0.2) is 24.3 Å². The molecule has 0 bridgehead atoms. The molecule has 1 heteroatoms. The van der Waals surface area contributed by atoms with Gasteiger partial charge in [0.15, 0.2) is 0 Å². The summed E-state index contributed by atoms with van der Waals surface area (Å²) in [6.07, 6.45) is 4.98. The third-order valence-corrected chi connectivity index (χ3v) is 2.31. The van der Waals surface area contributed by atoms with E-state index in [4.69, 9.17) is 0 Å². The van der Waals surface area contributed by atoms with Crippen LogP contribution >= 0.6 is 0 Å². The molecule has 0 aromatic heterocycles. The first kappa shape index (κ1) is 11.3. The van der Waals surface area contributed by atoms with E-state index in [1.165, 1.54) is 37.8 Å². The van der Waals surface area contributed by atoms with Crippen molar-refractivity contribution in [3.8, 4) is 0 Å². The van der Waals surface area contributed by atoms with Crippen molar-refractivity contribution >= 4 is 0 Å². The van der Waals surface area contributed by atoms with E-state index in [1.54, 1.807) is 0 Å². The van der Waals surface area contributed by atoms with Crippen LogP contribution in [0.2, 0.25) is 0 Å². The monoisotopic (exact) mass is 190 g/mol. The standard InChI is InChI=1S/C13H20N/c1-2-3-11-14-12-7-10-13-8-5-4-6-9-13/h5-6,8-9,14H,2-3,7,10-12H2,1H3. The van der Waals surface area contributed by atoms with Crippen LogP contribution in [0.4, 0.5) is 0 Å². The van der Waals surface area contributed by atoms with Crippen LogP contribution in [0.3, 0.4) is 0 Å². The highest BCUT2D eigenvalue weighted by Gasteiger charge is 1.91. The molecule has 1 aromatic rings. The Morgan fingerprint density at radius 2 is 1.86 bits per heavy atom. The van der Waals surface area contributed by atoms with E-state index < -0.39 is 0 Å². The van der Waals surface area contributed by atoms with Crippen LogP contribution in [-0.4, -0.2) is 13.1 Å². The van der Waals surface area contributed by atoms with Crippen molar-refractivity contribution in [2.24, 2.45) is 0 Å². The molecule has 0 spiro atoms. The van der Waals surface area contributed by atoms with Gasteiger partial charge in [-0.3, -0.25) is 0 Å². The molecular weight excluding hydrogens is 170 g/mol. The van der Waals surface area contributed by atoms with Gasteiger partial charge in [-0.25, -0.2) is 0 Å². The zero-order valence-electron chi connectivity index (χ0n) is 9.05. The SMILES string of the molecule is CCCCNCCCc1cc[c]cc1. The number of rotatable bonds is 7. The van der Waals surface area contributed by atoms with Crippen molar-refractivity contribution in [3.63, 3.8) is 0 Å². The maximum Gasteiger partial charge on any atom is -0.00457 e. The Balaban J connectivity index is 1.99. The van der Waals surface area contributed by atoms with E-state index in [1.807, 2.05) is 12.1 Å². The number of benzene rings is 1. The summed E-state index contributed by atoms with van der Waals surface area (Å²) in [6, 6.07) is 11.3. The Hall–Kier alpha value is -0.820. The lowest BCUT2D eigenvalue weighted by Gasteiger charge is -2.03. The molecule has 0 heterocycles. The van der Waals surface area contributed by atoms with Gasteiger partial charge in [-0.15, -0.1) is 0 Å². The van der Waals surface area contributed by atoms with Gasteiger partial charge in [0.1, 0.15) is 0 Å². The van der Waals surface area contributed by atoms with Crippen LogP contribution in [0.25, 0.3) is 0 Å². The van der Waals surface area contributed by atoms with E-state index in [0.717, 1.165) is 6.54 Å². The van der Waals surface area contributed by atoms with E-state index in [-0.39, 0.29) is 0 Å². The average molecular weight is 190 g/mol. The summed E-state index contributed by atoms with van der Waals surface area (Å²) in [5.74, 6) is 0. The first-order chi connectivity index (χ1) is 6.93. The molecule has 14 heavy (non-hydrogen) atoms. The molecule has 1 aromatic carbocycles. The van der Waals surface area contributed by atoms with Crippen molar-refractivity contribution < 1.29 is 0 Å².